The molecule has 0 saturated carbocycles. The first-order chi connectivity index (χ1) is 15.2. The number of rotatable bonds is 3. The summed E-state index contributed by atoms with van der Waals surface area (Å²) < 4.78 is 12.4. The Kier molecular flexibility index (Phi) is 4.42. The van der Waals surface area contributed by atoms with Gasteiger partial charge in [0.2, 0.25) is 0 Å². The lowest BCUT2D eigenvalue weighted by molar-refractivity contribution is 0.0632. The number of aryl methyl sites for hydroxylation is 1. The number of aromatic amines is 1. The normalized spacial score (nSPS) is 19.0. The number of para-hydroxylation sites is 1. The number of nitrogens with zero attached hydrogens (tertiary/aromatic N) is 2. The second-order valence-electron chi connectivity index (χ2n) is 8.47. The van der Waals surface area contributed by atoms with Gasteiger partial charge in [-0.1, -0.05) is 24.3 Å². The first-order valence-electron chi connectivity index (χ1n) is 10.9. The molecule has 0 unspecified atom stereocenters. The first kappa shape index (κ1) is 18.5. The highest BCUT2D eigenvalue weighted by Gasteiger charge is 2.26. The molecule has 156 valence electrons. The number of hydrogen-bond donors (Lipinski definition) is 1. The molecule has 0 saturated heterocycles. The van der Waals surface area contributed by atoms with Crippen molar-refractivity contribution >= 4 is 27.4 Å². The van der Waals surface area contributed by atoms with Crippen LogP contribution in [0.2, 0.25) is 0 Å². The van der Waals surface area contributed by atoms with Crippen LogP contribution in [-0.2, 0) is 0 Å². The van der Waals surface area contributed by atoms with Gasteiger partial charge in [-0.05, 0) is 60.7 Å². The Balaban J connectivity index is 1.16. The fourth-order valence-corrected chi connectivity index (χ4v) is 4.62. The van der Waals surface area contributed by atoms with Gasteiger partial charge in [-0.2, -0.15) is 0 Å². The van der Waals surface area contributed by atoms with Gasteiger partial charge in [0.05, 0.1) is 5.52 Å². The third-order valence-electron chi connectivity index (χ3n) is 6.27. The molecule has 2 aliphatic rings. The highest BCUT2D eigenvalue weighted by Crippen LogP contribution is 2.38. The molecule has 6 rings (SSSR count). The maximum Gasteiger partial charge on any atom is 0.171 e. The minimum Gasteiger partial charge on any atom is -0.486 e. The standard InChI is InChI=1S/C26H25N3O2/c1-17-6-7-21-23(27-17)8-9-25-26(21)31-20(16-30-25)15-29-12-10-18(11-13-29)24-14-19-4-2-3-5-22(19)28-24/h2-10,14,20,28H,11-13,15-16H2,1H3/t20-/m0/s1. The monoisotopic (exact) mass is 411 g/mol. The van der Waals surface area contributed by atoms with Crippen molar-refractivity contribution in [1.29, 1.82) is 0 Å². The van der Waals surface area contributed by atoms with Crippen LogP contribution < -0.4 is 9.47 Å². The maximum absolute atomic E-state index is 6.41. The summed E-state index contributed by atoms with van der Waals surface area (Å²) in [5.41, 5.74) is 5.79. The van der Waals surface area contributed by atoms with Crippen LogP contribution in [0.1, 0.15) is 17.8 Å². The van der Waals surface area contributed by atoms with Crippen molar-refractivity contribution in [2.75, 3.05) is 26.2 Å². The van der Waals surface area contributed by atoms with E-state index in [1.165, 1.54) is 22.2 Å². The SMILES string of the molecule is Cc1ccc2c3c(ccc2n1)OC[C@H](CN1CC=C(c2cc4ccccc4[nH]2)CC1)O3. The zero-order valence-electron chi connectivity index (χ0n) is 17.6. The van der Waals surface area contributed by atoms with Crippen LogP contribution in [0, 0.1) is 6.92 Å². The van der Waals surface area contributed by atoms with E-state index >= 15 is 0 Å². The molecule has 1 N–H and O–H groups in total. The molecule has 4 heterocycles. The second-order valence-corrected chi connectivity index (χ2v) is 8.47. The Hall–Kier alpha value is -3.31. The van der Waals surface area contributed by atoms with E-state index in [-0.39, 0.29) is 6.10 Å². The van der Waals surface area contributed by atoms with Crippen LogP contribution in [0.3, 0.4) is 0 Å². The number of fused-ring (bicyclic) bond motifs is 4. The average Bonchev–Trinajstić information content (AvgIpc) is 3.23. The van der Waals surface area contributed by atoms with E-state index in [9.17, 15) is 0 Å². The number of pyridine rings is 1. The minimum atomic E-state index is 0.0161. The summed E-state index contributed by atoms with van der Waals surface area (Å²) in [5, 5.41) is 2.29. The van der Waals surface area contributed by atoms with Gasteiger partial charge >= 0.3 is 0 Å². The number of hydrogen-bond acceptors (Lipinski definition) is 4. The molecule has 4 aromatic rings. The summed E-state index contributed by atoms with van der Waals surface area (Å²) in [6.07, 6.45) is 3.39. The van der Waals surface area contributed by atoms with Crippen molar-refractivity contribution < 1.29 is 9.47 Å². The van der Waals surface area contributed by atoms with Crippen molar-refractivity contribution in [2.45, 2.75) is 19.4 Å². The second kappa shape index (κ2) is 7.43. The van der Waals surface area contributed by atoms with Crippen LogP contribution in [0.25, 0.3) is 27.4 Å². The lowest BCUT2D eigenvalue weighted by Gasteiger charge is -2.33. The van der Waals surface area contributed by atoms with E-state index in [1.54, 1.807) is 0 Å². The van der Waals surface area contributed by atoms with E-state index in [4.69, 9.17) is 9.47 Å². The lowest BCUT2D eigenvalue weighted by atomic mass is 10.0. The molecule has 2 aliphatic heterocycles. The summed E-state index contributed by atoms with van der Waals surface area (Å²) in [6, 6.07) is 18.8. The van der Waals surface area contributed by atoms with Gasteiger partial charge in [0.15, 0.2) is 11.5 Å². The largest absolute Gasteiger partial charge is 0.486 e. The number of ether oxygens (including phenoxy) is 2. The van der Waals surface area contributed by atoms with Gasteiger partial charge in [0.25, 0.3) is 0 Å². The van der Waals surface area contributed by atoms with Crippen LogP contribution in [0.4, 0.5) is 0 Å². The Bertz CT molecular complexity index is 1270. The van der Waals surface area contributed by atoms with Crippen molar-refractivity contribution in [3.8, 4) is 11.5 Å². The number of benzene rings is 2. The van der Waals surface area contributed by atoms with E-state index in [0.717, 1.165) is 54.2 Å². The van der Waals surface area contributed by atoms with Crippen LogP contribution in [-0.4, -0.2) is 47.2 Å². The number of nitrogens with one attached hydrogen (secondary N) is 1. The topological polar surface area (TPSA) is 50.4 Å². The predicted octanol–water partition coefficient (Wildman–Crippen LogP) is 4.95. The maximum atomic E-state index is 6.41. The lowest BCUT2D eigenvalue weighted by Crippen LogP contribution is -2.42. The zero-order valence-corrected chi connectivity index (χ0v) is 17.6. The zero-order chi connectivity index (χ0) is 20.8. The van der Waals surface area contributed by atoms with Crippen molar-refractivity contribution in [3.63, 3.8) is 0 Å². The summed E-state index contributed by atoms with van der Waals surface area (Å²) in [4.78, 5) is 10.6. The fraction of sp³-hybridized carbons (Fsp3) is 0.269. The number of H-pyrrole nitrogens is 1. The molecule has 5 nitrogen and oxygen atoms in total. The molecule has 0 spiro atoms. The predicted molar refractivity (Wildman–Crippen MR) is 124 cm³/mol. The van der Waals surface area contributed by atoms with Gasteiger partial charge in [0, 0.05) is 41.9 Å². The van der Waals surface area contributed by atoms with Crippen molar-refractivity contribution in [3.05, 3.63) is 72.1 Å². The molecule has 0 bridgehead atoms. The highest BCUT2D eigenvalue weighted by molar-refractivity contribution is 5.88. The molecule has 1 atom stereocenters. The highest BCUT2D eigenvalue weighted by atomic mass is 16.6. The Morgan fingerprint density at radius 2 is 2.06 bits per heavy atom. The molecule has 5 heteroatoms. The van der Waals surface area contributed by atoms with Crippen molar-refractivity contribution in [2.24, 2.45) is 0 Å². The molecule has 0 amide bonds. The molecule has 31 heavy (non-hydrogen) atoms. The summed E-state index contributed by atoms with van der Waals surface area (Å²) in [7, 11) is 0. The molecular formula is C26H25N3O2. The van der Waals surface area contributed by atoms with Crippen molar-refractivity contribution in [1.82, 2.24) is 14.9 Å². The number of aromatic nitrogens is 2. The van der Waals surface area contributed by atoms with E-state index < -0.39 is 0 Å². The van der Waals surface area contributed by atoms with Gasteiger partial charge in [-0.25, -0.2) is 0 Å². The molecule has 2 aromatic carbocycles. The molecular weight excluding hydrogens is 386 g/mol. The van der Waals surface area contributed by atoms with E-state index in [0.29, 0.717) is 6.61 Å². The van der Waals surface area contributed by atoms with Gasteiger partial charge < -0.3 is 14.5 Å². The smallest absolute Gasteiger partial charge is 0.171 e. The van der Waals surface area contributed by atoms with Gasteiger partial charge in [-0.3, -0.25) is 9.88 Å². The molecule has 2 aromatic heterocycles. The Morgan fingerprint density at radius 1 is 1.13 bits per heavy atom. The summed E-state index contributed by atoms with van der Waals surface area (Å²) in [5.74, 6) is 1.64. The van der Waals surface area contributed by atoms with Gasteiger partial charge in [0.1, 0.15) is 12.7 Å². The summed E-state index contributed by atoms with van der Waals surface area (Å²) >= 11 is 0. The molecule has 0 radical (unpaired) electrons. The van der Waals surface area contributed by atoms with E-state index in [2.05, 4.69) is 57.3 Å². The third-order valence-corrected chi connectivity index (χ3v) is 6.27. The minimum absolute atomic E-state index is 0.0161. The van der Waals surface area contributed by atoms with Gasteiger partial charge in [-0.15, -0.1) is 0 Å². The molecule has 0 aliphatic carbocycles. The third kappa shape index (κ3) is 3.45. The van der Waals surface area contributed by atoms with Crippen LogP contribution in [0.15, 0.2) is 60.7 Å². The van der Waals surface area contributed by atoms with Crippen LogP contribution >= 0.6 is 0 Å². The Morgan fingerprint density at radius 3 is 2.94 bits per heavy atom. The Labute approximate surface area is 181 Å². The van der Waals surface area contributed by atoms with E-state index in [1.807, 2.05) is 25.1 Å². The van der Waals surface area contributed by atoms with Crippen LogP contribution in [0.5, 0.6) is 11.5 Å². The first-order valence-corrected chi connectivity index (χ1v) is 10.9. The average molecular weight is 412 g/mol. The quantitative estimate of drug-likeness (QED) is 0.518. The summed E-state index contributed by atoms with van der Waals surface area (Å²) in [6.45, 7) is 5.38. The molecule has 0 fully saturated rings. The fourth-order valence-electron chi connectivity index (χ4n) is 4.62.